The summed E-state index contributed by atoms with van der Waals surface area (Å²) in [6, 6.07) is 0.00961. The van der Waals surface area contributed by atoms with Crippen molar-refractivity contribution in [3.05, 3.63) is 0 Å². The maximum absolute atomic E-state index is 12.1. The highest BCUT2D eigenvalue weighted by Gasteiger charge is 2.41. The molecule has 11 heavy (non-hydrogen) atoms. The molecule has 4 heteroatoms. The number of halogens is 3. The summed E-state index contributed by atoms with van der Waals surface area (Å²) in [5.41, 5.74) is 0. The van der Waals surface area contributed by atoms with Gasteiger partial charge < -0.3 is 5.32 Å². The van der Waals surface area contributed by atoms with E-state index in [1.165, 1.54) is 0 Å². The van der Waals surface area contributed by atoms with Crippen LogP contribution in [0.25, 0.3) is 0 Å². The van der Waals surface area contributed by atoms with Gasteiger partial charge in [0, 0.05) is 6.04 Å². The zero-order chi connectivity index (χ0) is 8.48. The molecule has 1 rings (SSSR count). The standard InChI is InChI=1S/C7H12F3N/c1-5-4-6(2-3-11-5)7(8,9)10/h5-6,11H,2-4H2,1H3/t5-,6-/m1/s1. The Morgan fingerprint density at radius 3 is 2.36 bits per heavy atom. The minimum absolute atomic E-state index is 0.00961. The maximum atomic E-state index is 12.1. The van der Waals surface area contributed by atoms with Crippen molar-refractivity contribution >= 4 is 0 Å². The number of hydrogen-bond acceptors (Lipinski definition) is 1. The normalized spacial score (nSPS) is 33.8. The average molecular weight is 167 g/mol. The van der Waals surface area contributed by atoms with Crippen molar-refractivity contribution in [3.8, 4) is 0 Å². The molecule has 0 spiro atoms. The zero-order valence-electron chi connectivity index (χ0n) is 6.41. The molecular formula is C7H12F3N. The lowest BCUT2D eigenvalue weighted by atomic mass is 9.93. The van der Waals surface area contributed by atoms with E-state index in [4.69, 9.17) is 0 Å². The maximum Gasteiger partial charge on any atom is 0.391 e. The fraction of sp³-hybridized carbons (Fsp3) is 1.00. The van der Waals surface area contributed by atoms with Crippen molar-refractivity contribution in [1.82, 2.24) is 5.32 Å². The molecule has 0 radical (unpaired) electrons. The highest BCUT2D eigenvalue weighted by molar-refractivity contribution is 4.79. The molecule has 1 N–H and O–H groups in total. The van der Waals surface area contributed by atoms with Gasteiger partial charge in [0.1, 0.15) is 0 Å². The molecule has 1 aliphatic heterocycles. The average Bonchev–Trinajstić information content (AvgIpc) is 1.86. The van der Waals surface area contributed by atoms with Gasteiger partial charge in [0.2, 0.25) is 0 Å². The number of hydrogen-bond donors (Lipinski definition) is 1. The summed E-state index contributed by atoms with van der Waals surface area (Å²) in [5, 5.41) is 2.98. The quantitative estimate of drug-likeness (QED) is 0.581. The summed E-state index contributed by atoms with van der Waals surface area (Å²) < 4.78 is 36.3. The summed E-state index contributed by atoms with van der Waals surface area (Å²) >= 11 is 0. The molecule has 0 aromatic heterocycles. The number of nitrogens with one attached hydrogen (secondary N) is 1. The van der Waals surface area contributed by atoms with Gasteiger partial charge in [-0.25, -0.2) is 0 Å². The Hall–Kier alpha value is -0.250. The molecule has 0 bridgehead atoms. The number of piperidine rings is 1. The minimum Gasteiger partial charge on any atom is -0.314 e. The third kappa shape index (κ3) is 2.36. The van der Waals surface area contributed by atoms with Gasteiger partial charge in [0.05, 0.1) is 5.92 Å². The van der Waals surface area contributed by atoms with Crippen molar-refractivity contribution in [1.29, 1.82) is 0 Å². The van der Waals surface area contributed by atoms with Crippen molar-refractivity contribution in [2.24, 2.45) is 5.92 Å². The van der Waals surface area contributed by atoms with Crippen molar-refractivity contribution in [2.75, 3.05) is 6.54 Å². The SMILES string of the molecule is C[C@@H]1C[C@H](C(F)(F)F)CCN1. The second kappa shape index (κ2) is 3.01. The molecule has 1 fully saturated rings. The first kappa shape index (κ1) is 8.84. The Morgan fingerprint density at radius 1 is 1.36 bits per heavy atom. The number of rotatable bonds is 0. The second-order valence-corrected chi connectivity index (χ2v) is 3.12. The van der Waals surface area contributed by atoms with E-state index in [1.807, 2.05) is 0 Å². The Kier molecular flexibility index (Phi) is 2.42. The van der Waals surface area contributed by atoms with Gasteiger partial charge in [0.25, 0.3) is 0 Å². The van der Waals surface area contributed by atoms with E-state index >= 15 is 0 Å². The van der Waals surface area contributed by atoms with E-state index in [0.717, 1.165) is 0 Å². The van der Waals surface area contributed by atoms with Gasteiger partial charge in [0.15, 0.2) is 0 Å². The fourth-order valence-electron chi connectivity index (χ4n) is 1.43. The molecule has 0 amide bonds. The molecular weight excluding hydrogens is 155 g/mol. The molecule has 66 valence electrons. The fourth-order valence-corrected chi connectivity index (χ4v) is 1.43. The van der Waals surface area contributed by atoms with E-state index in [2.05, 4.69) is 5.32 Å². The lowest BCUT2D eigenvalue weighted by Crippen LogP contribution is -2.41. The van der Waals surface area contributed by atoms with Crippen molar-refractivity contribution in [2.45, 2.75) is 32.0 Å². The highest BCUT2D eigenvalue weighted by Crippen LogP contribution is 2.33. The van der Waals surface area contributed by atoms with Crippen LogP contribution in [0, 0.1) is 5.92 Å². The van der Waals surface area contributed by atoms with Crippen molar-refractivity contribution in [3.63, 3.8) is 0 Å². The monoisotopic (exact) mass is 167 g/mol. The van der Waals surface area contributed by atoms with Crippen LogP contribution in [0.1, 0.15) is 19.8 Å². The van der Waals surface area contributed by atoms with Crippen LogP contribution >= 0.6 is 0 Å². The van der Waals surface area contributed by atoms with Gasteiger partial charge in [-0.2, -0.15) is 13.2 Å². The molecule has 1 heterocycles. The minimum atomic E-state index is -3.99. The van der Waals surface area contributed by atoms with Crippen LogP contribution in [0.3, 0.4) is 0 Å². The smallest absolute Gasteiger partial charge is 0.314 e. The molecule has 2 atom stereocenters. The van der Waals surface area contributed by atoms with Gasteiger partial charge >= 0.3 is 6.18 Å². The first-order chi connectivity index (χ1) is 5.00. The van der Waals surface area contributed by atoms with E-state index in [1.54, 1.807) is 6.92 Å². The second-order valence-electron chi connectivity index (χ2n) is 3.12. The van der Waals surface area contributed by atoms with Gasteiger partial charge in [-0.05, 0) is 26.3 Å². The van der Waals surface area contributed by atoms with Crippen LogP contribution in [-0.2, 0) is 0 Å². The van der Waals surface area contributed by atoms with E-state index < -0.39 is 12.1 Å². The number of alkyl halides is 3. The first-order valence-corrected chi connectivity index (χ1v) is 3.80. The van der Waals surface area contributed by atoms with Gasteiger partial charge in [-0.3, -0.25) is 0 Å². The molecule has 1 nitrogen and oxygen atoms in total. The van der Waals surface area contributed by atoms with Crippen LogP contribution in [0.2, 0.25) is 0 Å². The topological polar surface area (TPSA) is 12.0 Å². The Labute approximate surface area is 64.0 Å². The predicted molar refractivity (Wildman–Crippen MR) is 36.2 cm³/mol. The summed E-state index contributed by atoms with van der Waals surface area (Å²) in [4.78, 5) is 0. The highest BCUT2D eigenvalue weighted by atomic mass is 19.4. The molecule has 0 aromatic rings. The third-order valence-corrected chi connectivity index (χ3v) is 2.09. The molecule has 0 aliphatic carbocycles. The van der Waals surface area contributed by atoms with Crippen LogP contribution in [0.4, 0.5) is 13.2 Å². The molecule has 1 aliphatic rings. The van der Waals surface area contributed by atoms with Crippen LogP contribution in [0.15, 0.2) is 0 Å². The van der Waals surface area contributed by atoms with Gasteiger partial charge in [-0.1, -0.05) is 0 Å². The first-order valence-electron chi connectivity index (χ1n) is 3.80. The zero-order valence-corrected chi connectivity index (χ0v) is 6.41. The molecule has 0 aromatic carbocycles. The summed E-state index contributed by atoms with van der Waals surface area (Å²) in [6.45, 7) is 2.28. The molecule has 1 saturated heterocycles. The predicted octanol–water partition coefficient (Wildman–Crippen LogP) is 1.94. The van der Waals surface area contributed by atoms with Crippen LogP contribution in [0.5, 0.6) is 0 Å². The largest absolute Gasteiger partial charge is 0.391 e. The summed E-state index contributed by atoms with van der Waals surface area (Å²) in [6.07, 6.45) is -3.53. The van der Waals surface area contributed by atoms with Crippen LogP contribution < -0.4 is 5.32 Å². The Morgan fingerprint density at radius 2 is 2.00 bits per heavy atom. The van der Waals surface area contributed by atoms with Crippen molar-refractivity contribution < 1.29 is 13.2 Å². The lowest BCUT2D eigenvalue weighted by Gasteiger charge is -2.29. The third-order valence-electron chi connectivity index (χ3n) is 2.09. The molecule has 0 saturated carbocycles. The molecule has 0 unspecified atom stereocenters. The summed E-state index contributed by atoms with van der Waals surface area (Å²) in [7, 11) is 0. The lowest BCUT2D eigenvalue weighted by molar-refractivity contribution is -0.182. The van der Waals surface area contributed by atoms with E-state index in [9.17, 15) is 13.2 Å². The van der Waals surface area contributed by atoms with E-state index in [-0.39, 0.29) is 18.9 Å². The van der Waals surface area contributed by atoms with Crippen LogP contribution in [-0.4, -0.2) is 18.8 Å². The van der Waals surface area contributed by atoms with E-state index in [0.29, 0.717) is 6.54 Å². The Balaban J connectivity index is 2.46. The summed E-state index contributed by atoms with van der Waals surface area (Å²) in [5.74, 6) is -1.08. The van der Waals surface area contributed by atoms with Gasteiger partial charge in [-0.15, -0.1) is 0 Å². The Bertz CT molecular complexity index is 132.